The number of carbonyl (C=O) groups excluding carboxylic acids is 2. The topological polar surface area (TPSA) is 71.3 Å². The van der Waals surface area contributed by atoms with Crippen LogP contribution in [0.2, 0.25) is 0 Å². The van der Waals surface area contributed by atoms with Crippen molar-refractivity contribution < 1.29 is 9.59 Å². The number of benzene rings is 3. The maximum Gasteiger partial charge on any atom is 0.254 e. The monoisotopic (exact) mass is 609 g/mol. The van der Waals surface area contributed by atoms with Gasteiger partial charge in [-0.25, -0.2) is 0 Å². The Morgan fingerprint density at radius 3 is 2.20 bits per heavy atom. The first kappa shape index (κ1) is 31.5. The van der Waals surface area contributed by atoms with Crippen LogP contribution < -0.4 is 0 Å². The maximum atomic E-state index is 13.2. The van der Waals surface area contributed by atoms with Gasteiger partial charge in [0.15, 0.2) is 5.16 Å². The van der Waals surface area contributed by atoms with Gasteiger partial charge in [-0.3, -0.25) is 14.2 Å². The highest BCUT2D eigenvalue weighted by Gasteiger charge is 2.30. The van der Waals surface area contributed by atoms with E-state index in [9.17, 15) is 9.59 Å². The number of rotatable bonds is 10. The Hall–Kier alpha value is -3.91. The average molecular weight is 610 g/mol. The molecule has 1 atom stereocenters. The van der Waals surface area contributed by atoms with E-state index in [1.165, 1.54) is 11.1 Å². The molecule has 1 saturated heterocycles. The van der Waals surface area contributed by atoms with Gasteiger partial charge in [0, 0.05) is 55.5 Å². The third-order valence-corrected chi connectivity index (χ3v) is 9.19. The lowest BCUT2D eigenvalue weighted by molar-refractivity contribution is -0.133. The van der Waals surface area contributed by atoms with Crippen molar-refractivity contribution in [3.8, 4) is 5.69 Å². The Balaban J connectivity index is 1.10. The second-order valence-corrected chi connectivity index (χ2v) is 13.6. The van der Waals surface area contributed by atoms with Crippen molar-refractivity contribution in [3.63, 3.8) is 0 Å². The van der Waals surface area contributed by atoms with Crippen molar-refractivity contribution in [1.29, 1.82) is 0 Å². The Morgan fingerprint density at radius 1 is 0.864 bits per heavy atom. The predicted octanol–water partition coefficient (Wildman–Crippen LogP) is 6.79. The molecular weight excluding hydrogens is 566 g/mol. The molecule has 0 radical (unpaired) electrons. The summed E-state index contributed by atoms with van der Waals surface area (Å²) in [6.07, 6.45) is 2.94. The number of unbranched alkanes of at least 4 members (excludes halogenated alkanes) is 1. The summed E-state index contributed by atoms with van der Waals surface area (Å²) in [4.78, 5) is 30.1. The van der Waals surface area contributed by atoms with Crippen LogP contribution in [0.15, 0.2) is 90.1 Å². The van der Waals surface area contributed by atoms with Crippen LogP contribution in [0.4, 0.5) is 0 Å². The molecule has 1 aliphatic heterocycles. The summed E-state index contributed by atoms with van der Waals surface area (Å²) in [6, 6.07) is 28.5. The van der Waals surface area contributed by atoms with Gasteiger partial charge >= 0.3 is 0 Å². The van der Waals surface area contributed by atoms with Gasteiger partial charge < -0.3 is 9.80 Å². The lowest BCUT2D eigenvalue weighted by Crippen LogP contribution is -2.55. The van der Waals surface area contributed by atoms with Gasteiger partial charge in [-0.15, -0.1) is 10.2 Å². The summed E-state index contributed by atoms with van der Waals surface area (Å²) in [5.41, 5.74) is 4.21. The summed E-state index contributed by atoms with van der Waals surface area (Å²) in [6.45, 7) is 10.3. The van der Waals surface area contributed by atoms with E-state index in [1.54, 1.807) is 11.8 Å². The number of carbonyl (C=O) groups is 2. The van der Waals surface area contributed by atoms with Crippen LogP contribution in [0.5, 0.6) is 0 Å². The van der Waals surface area contributed by atoms with Gasteiger partial charge in [0.25, 0.3) is 5.91 Å². The number of amides is 2. The van der Waals surface area contributed by atoms with Gasteiger partial charge in [0.05, 0.1) is 0 Å². The number of hydrogen-bond donors (Lipinski definition) is 0. The molecule has 1 aliphatic rings. The first-order chi connectivity index (χ1) is 21.2. The van der Waals surface area contributed by atoms with Gasteiger partial charge in [0.2, 0.25) is 5.91 Å². The summed E-state index contributed by atoms with van der Waals surface area (Å²) in [5.74, 6) is 1.98. The molecule has 1 aromatic heterocycles. The third-order valence-electron chi connectivity index (χ3n) is 8.17. The fourth-order valence-corrected chi connectivity index (χ4v) is 6.56. The van der Waals surface area contributed by atoms with E-state index >= 15 is 0 Å². The number of thioether (sulfide) groups is 1. The van der Waals surface area contributed by atoms with Crippen molar-refractivity contribution >= 4 is 23.6 Å². The van der Waals surface area contributed by atoms with E-state index in [0.717, 1.165) is 35.3 Å². The zero-order valence-corrected chi connectivity index (χ0v) is 27.1. The highest BCUT2D eigenvalue weighted by molar-refractivity contribution is 7.99. The minimum absolute atomic E-state index is 0.0209. The summed E-state index contributed by atoms with van der Waals surface area (Å²) in [7, 11) is 0. The molecule has 8 heteroatoms. The third kappa shape index (κ3) is 7.78. The fraction of sp³-hybridized carbons (Fsp3) is 0.389. The fourth-order valence-electron chi connectivity index (χ4n) is 5.59. The Bertz CT molecular complexity index is 1530. The van der Waals surface area contributed by atoms with Gasteiger partial charge in [-0.1, -0.05) is 93.2 Å². The van der Waals surface area contributed by atoms with Crippen LogP contribution >= 0.6 is 11.8 Å². The molecule has 230 valence electrons. The molecular formula is C36H43N5O2S. The number of piperazine rings is 1. The zero-order chi connectivity index (χ0) is 31.1. The van der Waals surface area contributed by atoms with Gasteiger partial charge in [-0.2, -0.15) is 0 Å². The molecule has 44 heavy (non-hydrogen) atoms. The lowest BCUT2D eigenvalue weighted by atomic mass is 9.86. The molecule has 5 rings (SSSR count). The zero-order valence-electron chi connectivity index (χ0n) is 26.3. The van der Waals surface area contributed by atoms with E-state index in [4.69, 9.17) is 0 Å². The lowest BCUT2D eigenvalue weighted by Gasteiger charge is -2.40. The van der Waals surface area contributed by atoms with E-state index in [1.807, 2.05) is 77.4 Å². The second-order valence-electron chi connectivity index (χ2n) is 12.6. The van der Waals surface area contributed by atoms with E-state index in [2.05, 4.69) is 59.8 Å². The first-order valence-electron chi connectivity index (χ1n) is 15.6. The van der Waals surface area contributed by atoms with Crippen molar-refractivity contribution in [2.24, 2.45) is 0 Å². The van der Waals surface area contributed by atoms with Crippen LogP contribution in [0.3, 0.4) is 0 Å². The normalized spacial score (nSPS) is 15.4. The van der Waals surface area contributed by atoms with Crippen LogP contribution in [0.25, 0.3) is 5.69 Å². The average Bonchev–Trinajstić information content (AvgIpc) is 3.42. The minimum Gasteiger partial charge on any atom is -0.339 e. The quantitative estimate of drug-likeness (QED) is 0.146. The molecule has 0 N–H and O–H groups in total. The smallest absolute Gasteiger partial charge is 0.254 e. The Morgan fingerprint density at radius 2 is 1.55 bits per heavy atom. The molecule has 3 aromatic carbocycles. The minimum atomic E-state index is -0.0209. The van der Waals surface area contributed by atoms with Crippen molar-refractivity contribution in [2.45, 2.75) is 70.0 Å². The number of aromatic nitrogens is 3. The van der Waals surface area contributed by atoms with Crippen molar-refractivity contribution in [3.05, 3.63) is 107 Å². The van der Waals surface area contributed by atoms with Crippen LogP contribution in [-0.2, 0) is 16.6 Å². The first-order valence-corrected chi connectivity index (χ1v) is 16.5. The van der Waals surface area contributed by atoms with Crippen molar-refractivity contribution in [2.75, 3.05) is 25.4 Å². The molecule has 7 nitrogen and oxygen atoms in total. The molecule has 1 unspecified atom stereocenters. The van der Waals surface area contributed by atoms with Gasteiger partial charge in [-0.05, 0) is 60.6 Å². The standard InChI is InChI=1S/C36H43N5O2S/c1-27-26-39(22-23-40(27)34(43)29-18-20-30(21-19-29)36(2,3)4)33(42)17-11-12-24-44-35-38-37-32(25-28-13-7-5-8-14-28)41(35)31-15-9-6-10-16-31/h5-10,13-16,18-21,27H,11-12,17,22-26H2,1-4H3. The summed E-state index contributed by atoms with van der Waals surface area (Å²) in [5, 5.41) is 9.94. The number of nitrogens with zero attached hydrogens (tertiary/aromatic N) is 5. The second kappa shape index (κ2) is 14.2. The molecule has 0 bridgehead atoms. The maximum absolute atomic E-state index is 13.2. The van der Waals surface area contributed by atoms with E-state index < -0.39 is 0 Å². The van der Waals surface area contributed by atoms with Crippen molar-refractivity contribution in [1.82, 2.24) is 24.6 Å². The number of hydrogen-bond acceptors (Lipinski definition) is 5. The van der Waals surface area contributed by atoms with Crippen LogP contribution in [-0.4, -0.2) is 67.8 Å². The van der Waals surface area contributed by atoms with Crippen LogP contribution in [0.1, 0.15) is 74.3 Å². The molecule has 1 fully saturated rings. The molecule has 2 amide bonds. The highest BCUT2D eigenvalue weighted by atomic mass is 32.2. The Kier molecular flexibility index (Phi) is 10.2. The molecule has 0 spiro atoms. The Labute approximate surface area is 265 Å². The largest absolute Gasteiger partial charge is 0.339 e. The van der Waals surface area contributed by atoms with Gasteiger partial charge in [0.1, 0.15) is 5.82 Å². The van der Waals surface area contributed by atoms with Crippen LogP contribution in [0, 0.1) is 0 Å². The molecule has 4 aromatic rings. The highest BCUT2D eigenvalue weighted by Crippen LogP contribution is 2.26. The predicted molar refractivity (Wildman–Crippen MR) is 177 cm³/mol. The SMILES string of the molecule is CC1CN(C(=O)CCCCSc2nnc(Cc3ccccc3)n2-c2ccccc2)CCN1C(=O)c1ccc(C(C)(C)C)cc1. The number of para-hydroxylation sites is 1. The molecule has 0 aliphatic carbocycles. The molecule has 2 heterocycles. The summed E-state index contributed by atoms with van der Waals surface area (Å²) >= 11 is 1.68. The summed E-state index contributed by atoms with van der Waals surface area (Å²) < 4.78 is 2.14. The van der Waals surface area contributed by atoms with E-state index in [-0.39, 0.29) is 23.3 Å². The molecule has 0 saturated carbocycles. The van der Waals surface area contributed by atoms with E-state index in [0.29, 0.717) is 38.0 Å².